The number of hydrogen-bond donors (Lipinski definition) is 1. The first kappa shape index (κ1) is 34.4. The molecule has 1 unspecified atom stereocenters. The highest BCUT2D eigenvalue weighted by Gasteiger charge is 2.30. The summed E-state index contributed by atoms with van der Waals surface area (Å²) in [5, 5.41) is 10.6. The Hall–Kier alpha value is -3.46. The maximum Gasteiger partial charge on any atom is 0.225 e. The first-order valence-electron chi connectivity index (χ1n) is 16.1. The SMILES string of the molecule is CC.CC.CC1CCN(c2ncc3c4c(c(-c5ncc(F)c6sc(N)c(C#N)c56)c(F)c3n2)COC4)C1.CCCCC1COC1. The molecule has 8 nitrogen and oxygen atoms in total. The minimum Gasteiger partial charge on any atom is -0.389 e. The van der Waals surface area contributed by atoms with Crippen LogP contribution in [0, 0.1) is 34.8 Å². The Balaban J connectivity index is 0.000000329. The Morgan fingerprint density at radius 1 is 1.09 bits per heavy atom. The van der Waals surface area contributed by atoms with Crippen LogP contribution in [0.25, 0.3) is 32.2 Å². The van der Waals surface area contributed by atoms with E-state index in [0.717, 1.165) is 61.7 Å². The van der Waals surface area contributed by atoms with Crippen molar-refractivity contribution >= 4 is 43.3 Å². The highest BCUT2D eigenvalue weighted by Crippen LogP contribution is 2.45. The van der Waals surface area contributed by atoms with Crippen LogP contribution in [0.4, 0.5) is 19.7 Å². The van der Waals surface area contributed by atoms with Gasteiger partial charge in [0, 0.05) is 41.5 Å². The second-order valence-corrected chi connectivity index (χ2v) is 12.1. The van der Waals surface area contributed by atoms with Gasteiger partial charge in [0.25, 0.3) is 0 Å². The van der Waals surface area contributed by atoms with Crippen LogP contribution in [0.15, 0.2) is 12.4 Å². The molecular weight excluding hydrogens is 594 g/mol. The van der Waals surface area contributed by atoms with E-state index < -0.39 is 11.6 Å². The van der Waals surface area contributed by atoms with E-state index in [4.69, 9.17) is 15.2 Å². The molecule has 11 heteroatoms. The molecule has 0 saturated carbocycles. The fraction of sp³-hybridized carbons (Fsp3) is 0.529. The Morgan fingerprint density at radius 3 is 2.44 bits per heavy atom. The van der Waals surface area contributed by atoms with E-state index in [9.17, 15) is 9.65 Å². The van der Waals surface area contributed by atoms with Crippen molar-refractivity contribution in [1.29, 1.82) is 5.26 Å². The van der Waals surface area contributed by atoms with Gasteiger partial charge in [-0.3, -0.25) is 4.98 Å². The summed E-state index contributed by atoms with van der Waals surface area (Å²) >= 11 is 0.955. The Morgan fingerprint density at radius 2 is 1.82 bits per heavy atom. The van der Waals surface area contributed by atoms with Crippen molar-refractivity contribution in [2.75, 3.05) is 36.9 Å². The van der Waals surface area contributed by atoms with Crippen molar-refractivity contribution in [2.45, 2.75) is 80.4 Å². The lowest BCUT2D eigenvalue weighted by molar-refractivity contribution is -0.0362. The molecule has 0 spiro atoms. The number of benzene rings is 1. The van der Waals surface area contributed by atoms with Gasteiger partial charge in [0.15, 0.2) is 11.6 Å². The molecule has 3 aliphatic heterocycles. The van der Waals surface area contributed by atoms with Crippen molar-refractivity contribution in [1.82, 2.24) is 15.0 Å². The van der Waals surface area contributed by atoms with E-state index >= 15 is 4.39 Å². The number of halogens is 2. The van der Waals surface area contributed by atoms with Gasteiger partial charge in [0.05, 0.1) is 48.6 Å². The lowest BCUT2D eigenvalue weighted by atomic mass is 9.94. The minimum absolute atomic E-state index is 0.0959. The summed E-state index contributed by atoms with van der Waals surface area (Å²) in [5.74, 6) is 0.719. The molecule has 0 amide bonds. The van der Waals surface area contributed by atoms with E-state index in [-0.39, 0.29) is 50.6 Å². The van der Waals surface area contributed by atoms with Crippen molar-refractivity contribution < 1.29 is 18.3 Å². The van der Waals surface area contributed by atoms with Gasteiger partial charge in [-0.15, -0.1) is 11.3 Å². The number of nitrogens with two attached hydrogens (primary N) is 1. The molecule has 4 aromatic rings. The molecule has 6 heterocycles. The molecule has 0 radical (unpaired) electrons. The number of thiophene rings is 1. The predicted molar refractivity (Wildman–Crippen MR) is 178 cm³/mol. The van der Waals surface area contributed by atoms with Crippen LogP contribution in [-0.4, -0.2) is 41.3 Å². The van der Waals surface area contributed by atoms with Crippen LogP contribution >= 0.6 is 11.3 Å². The number of unbranched alkanes of at least 4 members (excludes halogenated alkanes) is 1. The molecule has 7 rings (SSSR count). The highest BCUT2D eigenvalue weighted by atomic mass is 32.1. The van der Waals surface area contributed by atoms with Crippen LogP contribution < -0.4 is 10.6 Å². The Labute approximate surface area is 268 Å². The summed E-state index contributed by atoms with van der Waals surface area (Å²) in [6.07, 6.45) is 7.82. The quantitative estimate of drug-likeness (QED) is 0.232. The van der Waals surface area contributed by atoms with Gasteiger partial charge < -0.3 is 20.1 Å². The third kappa shape index (κ3) is 6.88. The standard InChI is InChI=1S/C23H18F2N6OS.C7H14O.2C2H6/c1-10-2-3-31(7-10)23-29-5-12-13-8-32-9-14(13)16(18(25)19(12)30-23)20-17-11(4-26)22(27)33-21(17)15(24)6-28-20;1-2-3-4-7-5-8-6-7;2*1-2/h5-6,10H,2-3,7-9,27H2,1H3;7H,2-6H2,1H3;2*1-2H3. The minimum atomic E-state index is -0.603. The number of fused-ring (bicyclic) bond motifs is 4. The van der Waals surface area contributed by atoms with Crippen LogP contribution in [0.5, 0.6) is 0 Å². The van der Waals surface area contributed by atoms with Crippen LogP contribution in [0.3, 0.4) is 0 Å². The molecular formula is C34H44F2N6O2S. The lowest BCUT2D eigenvalue weighted by Crippen LogP contribution is -2.26. The van der Waals surface area contributed by atoms with Gasteiger partial charge in [-0.25, -0.2) is 18.7 Å². The first-order valence-corrected chi connectivity index (χ1v) is 16.9. The molecule has 3 aromatic heterocycles. The van der Waals surface area contributed by atoms with Gasteiger partial charge >= 0.3 is 0 Å². The first-order chi connectivity index (χ1) is 21.9. The highest BCUT2D eigenvalue weighted by molar-refractivity contribution is 7.23. The molecule has 3 aliphatic rings. The zero-order valence-corrected chi connectivity index (χ0v) is 28.0. The zero-order valence-electron chi connectivity index (χ0n) is 27.2. The number of anilines is 2. The van der Waals surface area contributed by atoms with E-state index in [1.54, 1.807) is 6.20 Å². The summed E-state index contributed by atoms with van der Waals surface area (Å²) in [4.78, 5) is 15.4. The third-order valence-electron chi connectivity index (χ3n) is 8.11. The summed E-state index contributed by atoms with van der Waals surface area (Å²) in [5.41, 5.74) is 7.98. The summed E-state index contributed by atoms with van der Waals surface area (Å²) < 4.78 is 41.6. The number of rotatable bonds is 5. The average Bonchev–Trinajstić information content (AvgIpc) is 3.78. The largest absolute Gasteiger partial charge is 0.389 e. The molecule has 2 N–H and O–H groups in total. The monoisotopic (exact) mass is 638 g/mol. The number of aromatic nitrogens is 3. The summed E-state index contributed by atoms with van der Waals surface area (Å²) in [7, 11) is 0. The van der Waals surface area contributed by atoms with Crippen LogP contribution in [0.2, 0.25) is 0 Å². The van der Waals surface area contributed by atoms with Gasteiger partial charge in [-0.2, -0.15) is 5.26 Å². The zero-order chi connectivity index (χ0) is 32.7. The maximum absolute atomic E-state index is 16.2. The molecule has 45 heavy (non-hydrogen) atoms. The number of pyridine rings is 1. The predicted octanol–water partition coefficient (Wildman–Crippen LogP) is 8.39. The number of hydrogen-bond acceptors (Lipinski definition) is 9. The topological polar surface area (TPSA) is 110 Å². The fourth-order valence-electron chi connectivity index (χ4n) is 5.75. The van der Waals surface area contributed by atoms with Crippen LogP contribution in [0.1, 0.15) is 83.9 Å². The summed E-state index contributed by atoms with van der Waals surface area (Å²) in [6, 6.07) is 2.02. The molecule has 0 aliphatic carbocycles. The molecule has 2 fully saturated rings. The number of nitrogen functional groups attached to an aromatic ring is 1. The molecule has 1 aromatic carbocycles. The van der Waals surface area contributed by atoms with Crippen molar-refractivity contribution in [3.8, 4) is 17.3 Å². The molecule has 2 saturated heterocycles. The second kappa shape index (κ2) is 15.7. The molecule has 242 valence electrons. The smallest absolute Gasteiger partial charge is 0.225 e. The molecule has 1 atom stereocenters. The van der Waals surface area contributed by atoms with Gasteiger partial charge in [0.2, 0.25) is 5.95 Å². The van der Waals surface area contributed by atoms with E-state index in [2.05, 4.69) is 33.7 Å². The van der Waals surface area contributed by atoms with Crippen molar-refractivity contribution in [3.05, 3.63) is 40.7 Å². The Bertz CT molecular complexity index is 1670. The number of nitrogens with zero attached hydrogens (tertiary/aromatic N) is 5. The van der Waals surface area contributed by atoms with Crippen molar-refractivity contribution in [3.63, 3.8) is 0 Å². The fourth-order valence-corrected chi connectivity index (χ4v) is 6.67. The normalized spacial score (nSPS) is 17.0. The van der Waals surface area contributed by atoms with Crippen molar-refractivity contribution in [2.24, 2.45) is 11.8 Å². The van der Waals surface area contributed by atoms with Crippen LogP contribution in [-0.2, 0) is 22.7 Å². The number of nitriles is 1. The Kier molecular flexibility index (Phi) is 12.0. The van der Waals surface area contributed by atoms with Gasteiger partial charge in [-0.1, -0.05) is 54.4 Å². The summed E-state index contributed by atoms with van der Waals surface area (Å²) in [6.45, 7) is 16.5. The number of ether oxygens (including phenoxy) is 2. The molecule has 0 bridgehead atoms. The van der Waals surface area contributed by atoms with Gasteiger partial charge in [0.1, 0.15) is 16.6 Å². The maximum atomic E-state index is 16.2. The van der Waals surface area contributed by atoms with E-state index in [1.165, 1.54) is 19.3 Å². The van der Waals surface area contributed by atoms with E-state index in [1.807, 2.05) is 33.8 Å². The average molecular weight is 639 g/mol. The second-order valence-electron chi connectivity index (χ2n) is 11.1. The van der Waals surface area contributed by atoms with E-state index in [0.29, 0.717) is 22.8 Å². The third-order valence-corrected chi connectivity index (χ3v) is 9.14. The lowest BCUT2D eigenvalue weighted by Gasteiger charge is -2.25. The van der Waals surface area contributed by atoms with Gasteiger partial charge in [-0.05, 0) is 29.9 Å².